The number of nitrogens with zero attached hydrogens (tertiary/aromatic N) is 4. The molecular formula is C23H24ClF2N5O3. The number of aromatic nitrogens is 1. The number of carbonyl (C=O) groups is 2. The smallest absolute Gasteiger partial charge is 0.258 e. The molecule has 2 aliphatic heterocycles. The topological polar surface area (TPSA) is 101 Å². The maximum absolute atomic E-state index is 13.3. The lowest BCUT2D eigenvalue weighted by atomic mass is 9.74. The second-order valence-electron chi connectivity index (χ2n) is 8.29. The van der Waals surface area contributed by atoms with E-state index < -0.39 is 36.2 Å². The standard InChI is InChI=1S/C23H24ClF2N5O3/c24-15-4-3-6-17(10-15)34-13-18(27)21(32)30-9-7-19-23(14-30,11-16-5-1-2-8-28-16)22(33)31(29-19)12-20(25)26/h1-6,8,10,18,20H,7,9,11-14,27H2/t18?,23-/m1/s1. The molecule has 11 heteroatoms. The van der Waals surface area contributed by atoms with E-state index in [0.29, 0.717) is 22.2 Å². The summed E-state index contributed by atoms with van der Waals surface area (Å²) < 4.78 is 31.7. The van der Waals surface area contributed by atoms with E-state index in [1.165, 1.54) is 4.90 Å². The van der Waals surface area contributed by atoms with Crippen LogP contribution in [0, 0.1) is 5.41 Å². The van der Waals surface area contributed by atoms with Gasteiger partial charge in [0.1, 0.15) is 30.4 Å². The molecule has 2 amide bonds. The highest BCUT2D eigenvalue weighted by Crippen LogP contribution is 2.38. The Balaban J connectivity index is 1.52. The monoisotopic (exact) mass is 491 g/mol. The van der Waals surface area contributed by atoms with Crippen molar-refractivity contribution in [1.82, 2.24) is 14.9 Å². The molecule has 0 radical (unpaired) electrons. The molecule has 0 aliphatic carbocycles. The van der Waals surface area contributed by atoms with Gasteiger partial charge in [0, 0.05) is 42.8 Å². The molecule has 0 saturated carbocycles. The number of fused-ring (bicyclic) bond motifs is 1. The minimum absolute atomic E-state index is 0.0231. The van der Waals surface area contributed by atoms with Crippen LogP contribution in [0.1, 0.15) is 12.1 Å². The fourth-order valence-corrected chi connectivity index (χ4v) is 4.47. The van der Waals surface area contributed by atoms with Gasteiger partial charge >= 0.3 is 0 Å². The number of nitrogens with two attached hydrogens (primary N) is 1. The van der Waals surface area contributed by atoms with Gasteiger partial charge in [-0.1, -0.05) is 23.7 Å². The van der Waals surface area contributed by atoms with Crippen LogP contribution in [0.15, 0.2) is 53.8 Å². The first kappa shape index (κ1) is 24.0. The molecule has 4 rings (SSSR count). The van der Waals surface area contributed by atoms with Crippen molar-refractivity contribution in [2.24, 2.45) is 16.3 Å². The molecule has 1 aromatic carbocycles. The lowest BCUT2D eigenvalue weighted by Gasteiger charge is -2.40. The van der Waals surface area contributed by atoms with Crippen molar-refractivity contribution in [2.45, 2.75) is 25.3 Å². The van der Waals surface area contributed by atoms with Crippen LogP contribution in [0.2, 0.25) is 5.02 Å². The van der Waals surface area contributed by atoms with Gasteiger partial charge in [0.05, 0.1) is 5.71 Å². The molecule has 2 atom stereocenters. The fraction of sp³-hybridized carbons (Fsp3) is 0.391. The van der Waals surface area contributed by atoms with Crippen LogP contribution in [0.25, 0.3) is 0 Å². The molecule has 1 fully saturated rings. The summed E-state index contributed by atoms with van der Waals surface area (Å²) >= 11 is 5.95. The third-order valence-electron chi connectivity index (χ3n) is 5.89. The fourth-order valence-electron chi connectivity index (χ4n) is 4.29. The van der Waals surface area contributed by atoms with E-state index in [4.69, 9.17) is 22.1 Å². The van der Waals surface area contributed by atoms with E-state index >= 15 is 0 Å². The molecule has 3 heterocycles. The van der Waals surface area contributed by atoms with Crippen molar-refractivity contribution in [3.63, 3.8) is 0 Å². The van der Waals surface area contributed by atoms with Gasteiger partial charge in [-0.2, -0.15) is 5.10 Å². The number of amides is 2. The van der Waals surface area contributed by atoms with Crippen LogP contribution >= 0.6 is 11.6 Å². The Morgan fingerprint density at radius 2 is 2.09 bits per heavy atom. The molecule has 0 bridgehead atoms. The van der Waals surface area contributed by atoms with Crippen molar-refractivity contribution < 1.29 is 23.1 Å². The lowest BCUT2D eigenvalue weighted by Crippen LogP contribution is -2.59. The van der Waals surface area contributed by atoms with Gasteiger partial charge < -0.3 is 15.4 Å². The van der Waals surface area contributed by atoms with Gasteiger partial charge in [-0.15, -0.1) is 0 Å². The van der Waals surface area contributed by atoms with E-state index in [0.717, 1.165) is 5.01 Å². The Bertz CT molecular complexity index is 1090. The van der Waals surface area contributed by atoms with Gasteiger partial charge in [-0.3, -0.25) is 14.6 Å². The van der Waals surface area contributed by atoms with Crippen LogP contribution in [-0.2, 0) is 16.0 Å². The Labute approximate surface area is 200 Å². The highest BCUT2D eigenvalue weighted by Gasteiger charge is 2.55. The van der Waals surface area contributed by atoms with Crippen molar-refractivity contribution in [1.29, 1.82) is 0 Å². The summed E-state index contributed by atoms with van der Waals surface area (Å²) in [6, 6.07) is 11.0. The van der Waals surface area contributed by atoms with Gasteiger partial charge in [-0.05, 0) is 30.3 Å². The third kappa shape index (κ3) is 5.02. The van der Waals surface area contributed by atoms with Crippen LogP contribution in [0.4, 0.5) is 8.78 Å². The zero-order chi connectivity index (χ0) is 24.3. The minimum atomic E-state index is -2.73. The number of alkyl halides is 2. The number of pyridine rings is 1. The molecule has 180 valence electrons. The van der Waals surface area contributed by atoms with Crippen molar-refractivity contribution in [3.8, 4) is 5.75 Å². The first-order chi connectivity index (χ1) is 16.3. The Morgan fingerprint density at radius 3 is 2.79 bits per heavy atom. The normalized spacial score (nSPS) is 20.9. The number of ether oxygens (including phenoxy) is 1. The highest BCUT2D eigenvalue weighted by atomic mass is 35.5. The summed E-state index contributed by atoms with van der Waals surface area (Å²) in [4.78, 5) is 32.2. The lowest BCUT2D eigenvalue weighted by molar-refractivity contribution is -0.142. The largest absolute Gasteiger partial charge is 0.491 e. The number of likely N-dealkylation sites (tertiary alicyclic amines) is 1. The summed E-state index contributed by atoms with van der Waals surface area (Å²) in [5.74, 6) is -0.486. The summed E-state index contributed by atoms with van der Waals surface area (Å²) in [5.41, 5.74) is 5.93. The van der Waals surface area contributed by atoms with Crippen LogP contribution in [0.3, 0.4) is 0 Å². The molecule has 2 N–H and O–H groups in total. The molecule has 2 aromatic rings. The third-order valence-corrected chi connectivity index (χ3v) is 6.13. The van der Waals surface area contributed by atoms with Gasteiger partial charge in [-0.25, -0.2) is 13.8 Å². The second kappa shape index (κ2) is 10.0. The first-order valence-corrected chi connectivity index (χ1v) is 11.2. The summed E-state index contributed by atoms with van der Waals surface area (Å²) in [6.07, 6.45) is -0.724. The maximum atomic E-state index is 13.3. The van der Waals surface area contributed by atoms with Crippen LogP contribution in [0.5, 0.6) is 5.75 Å². The quantitative estimate of drug-likeness (QED) is 0.611. The number of hydrogen-bond donors (Lipinski definition) is 1. The second-order valence-corrected chi connectivity index (χ2v) is 8.73. The van der Waals surface area contributed by atoms with E-state index in [1.54, 1.807) is 48.7 Å². The number of halogens is 3. The molecule has 34 heavy (non-hydrogen) atoms. The number of rotatable bonds is 8. The van der Waals surface area contributed by atoms with E-state index in [-0.39, 0.29) is 32.5 Å². The van der Waals surface area contributed by atoms with Gasteiger partial charge in [0.25, 0.3) is 12.3 Å². The average Bonchev–Trinajstić information content (AvgIpc) is 3.07. The zero-order valence-electron chi connectivity index (χ0n) is 18.2. The Hall–Kier alpha value is -3.11. The molecular weight excluding hydrogens is 468 g/mol. The molecule has 1 unspecified atom stereocenters. The predicted octanol–water partition coefficient (Wildman–Crippen LogP) is 2.37. The van der Waals surface area contributed by atoms with Crippen molar-refractivity contribution >= 4 is 29.1 Å². The molecule has 1 aromatic heterocycles. The summed E-state index contributed by atoms with van der Waals surface area (Å²) in [5, 5.41) is 5.52. The van der Waals surface area contributed by atoms with Crippen molar-refractivity contribution in [2.75, 3.05) is 26.2 Å². The van der Waals surface area contributed by atoms with Gasteiger partial charge in [0.15, 0.2) is 0 Å². The molecule has 8 nitrogen and oxygen atoms in total. The number of hydrazone groups is 1. The number of hydrogen-bond acceptors (Lipinski definition) is 6. The number of carbonyl (C=O) groups excluding carboxylic acids is 2. The van der Waals surface area contributed by atoms with E-state index in [9.17, 15) is 18.4 Å². The Morgan fingerprint density at radius 1 is 1.26 bits per heavy atom. The predicted molar refractivity (Wildman–Crippen MR) is 122 cm³/mol. The summed E-state index contributed by atoms with van der Waals surface area (Å²) in [6.45, 7) is -0.643. The van der Waals surface area contributed by atoms with Crippen LogP contribution < -0.4 is 10.5 Å². The molecule has 0 spiro atoms. The maximum Gasteiger partial charge on any atom is 0.258 e. The number of benzene rings is 1. The van der Waals surface area contributed by atoms with E-state index in [2.05, 4.69) is 10.1 Å². The number of piperidine rings is 1. The van der Waals surface area contributed by atoms with Crippen LogP contribution in [-0.4, -0.2) is 71.1 Å². The SMILES string of the molecule is NC(COc1cccc(Cl)c1)C(=O)N1CCC2=NN(CC(F)F)C(=O)[C@]2(Cc2ccccn2)C1. The summed E-state index contributed by atoms with van der Waals surface area (Å²) in [7, 11) is 0. The molecule has 1 saturated heterocycles. The van der Waals surface area contributed by atoms with Gasteiger partial charge in [0.2, 0.25) is 5.91 Å². The molecule has 2 aliphatic rings. The van der Waals surface area contributed by atoms with E-state index in [1.807, 2.05) is 0 Å². The highest BCUT2D eigenvalue weighted by molar-refractivity contribution is 6.30. The minimum Gasteiger partial charge on any atom is -0.491 e. The zero-order valence-corrected chi connectivity index (χ0v) is 19.0. The van der Waals surface area contributed by atoms with Crippen molar-refractivity contribution in [3.05, 3.63) is 59.4 Å². The first-order valence-electron chi connectivity index (χ1n) is 10.8. The average molecular weight is 492 g/mol. The Kier molecular flexibility index (Phi) is 7.08.